The molecule has 0 atom stereocenters. The van der Waals surface area contributed by atoms with Gasteiger partial charge >= 0.3 is 18.2 Å². The Hall–Kier alpha value is -6.88. The van der Waals surface area contributed by atoms with E-state index in [1.807, 2.05) is 84.9 Å². The lowest BCUT2D eigenvalue weighted by Gasteiger charge is -2.22. The van der Waals surface area contributed by atoms with Gasteiger partial charge in [0.25, 0.3) is 0 Å². The van der Waals surface area contributed by atoms with Crippen LogP contribution in [0, 0.1) is 0 Å². The molecule has 0 spiro atoms. The molecule has 6 rings (SSSR count). The molecule has 0 bridgehead atoms. The van der Waals surface area contributed by atoms with Crippen molar-refractivity contribution in [3.05, 3.63) is 156 Å². The molecule has 0 unspecified atom stereocenters. The monoisotopic (exact) mass is 1190 g/mol. The molecule has 4 aromatic rings. The summed E-state index contributed by atoms with van der Waals surface area (Å²) in [7, 11) is 0. The Bertz CT molecular complexity index is 2870. The zero-order valence-electron chi connectivity index (χ0n) is 53.5. The van der Waals surface area contributed by atoms with Crippen LogP contribution in [-0.2, 0) is 17.8 Å². The highest BCUT2D eigenvalue weighted by molar-refractivity contribution is 6.07. The fourth-order valence-corrected chi connectivity index (χ4v) is 11.6. The van der Waals surface area contributed by atoms with E-state index in [0.29, 0.717) is 49.6 Å². The van der Waals surface area contributed by atoms with Crippen molar-refractivity contribution in [1.82, 2.24) is 15.2 Å². The van der Waals surface area contributed by atoms with Crippen molar-refractivity contribution in [3.8, 4) is 22.5 Å². The van der Waals surface area contributed by atoms with E-state index in [2.05, 4.69) is 64.8 Å². The van der Waals surface area contributed by atoms with E-state index in [0.717, 1.165) is 64.4 Å². The van der Waals surface area contributed by atoms with Crippen molar-refractivity contribution in [2.75, 3.05) is 31.1 Å². The molecule has 474 valence electrons. The number of ether oxygens (including phenoxy) is 1. The standard InChI is InChI=1S/C57H69N3O5.C19H39NO2/c1-3-5-6-7-8-9-10-11-12-13-14-15-16-17-18-27-38-58-57(63)64-40-39-60(44-46-30-23-20-24-31-46)48-35-37-52-54(42-48)65-53-41-47(59(4-2)43-45-28-21-19-22-29-45)34-36-51(53)55(52)49-32-25-26-33-50(49)56(61)62;1-2-3-4-5-6-7-8-9-10-11-12-13-14-15-16-17-18-20-19(21)22/h4,19-26,28-37,41-42H,2-3,5-18,27,38-40,43-44H2,1H3,(H-,58,61,62,63);20H,2-18H2,1H3,(H,21,22)/p+1. The number of nitrogens with zero attached hydrogens (tertiary/aromatic N) is 2. The Morgan fingerprint density at radius 2 is 1.00 bits per heavy atom. The first-order valence-corrected chi connectivity index (χ1v) is 34.0. The highest BCUT2D eigenvalue weighted by atomic mass is 16.5. The summed E-state index contributed by atoms with van der Waals surface area (Å²) < 4.78 is 14.7. The lowest BCUT2D eigenvalue weighted by atomic mass is 9.90. The Morgan fingerprint density at radius 1 is 0.529 bits per heavy atom. The molecule has 0 aromatic heterocycles. The van der Waals surface area contributed by atoms with Gasteiger partial charge in [-0.25, -0.2) is 19.0 Å². The minimum Gasteiger partial charge on any atom is -0.478 e. The third kappa shape index (κ3) is 28.7. The number of carbonyl (C=O) groups excluding carboxylic acids is 1. The summed E-state index contributed by atoms with van der Waals surface area (Å²) >= 11 is 0. The van der Waals surface area contributed by atoms with Crippen molar-refractivity contribution in [3.63, 3.8) is 0 Å². The molecule has 87 heavy (non-hydrogen) atoms. The van der Waals surface area contributed by atoms with Crippen LogP contribution in [0.25, 0.3) is 33.4 Å². The van der Waals surface area contributed by atoms with Crippen molar-refractivity contribution in [1.29, 1.82) is 0 Å². The minimum absolute atomic E-state index is 0.198. The zero-order valence-corrected chi connectivity index (χ0v) is 53.5. The average Bonchev–Trinajstić information content (AvgIpc) is 0.882. The molecular formula is C76H109N4O7+. The van der Waals surface area contributed by atoms with E-state index >= 15 is 0 Å². The molecule has 0 saturated carbocycles. The molecule has 2 aliphatic rings. The molecule has 2 amide bonds. The Kier molecular flexibility index (Phi) is 36.3. The van der Waals surface area contributed by atoms with Crippen LogP contribution in [0.2, 0.25) is 0 Å². The number of unbranched alkanes of at least 4 members (excludes halogenated alkanes) is 30. The second kappa shape index (κ2) is 44.5. The third-order valence-electron chi connectivity index (χ3n) is 16.6. The molecule has 0 radical (unpaired) electrons. The number of anilines is 1. The van der Waals surface area contributed by atoms with Gasteiger partial charge in [0.1, 0.15) is 11.3 Å². The van der Waals surface area contributed by atoms with E-state index in [4.69, 9.17) is 14.3 Å². The van der Waals surface area contributed by atoms with Gasteiger partial charge in [0.05, 0.1) is 11.6 Å². The summed E-state index contributed by atoms with van der Waals surface area (Å²) in [5, 5.41) is 25.8. The van der Waals surface area contributed by atoms with Gasteiger partial charge in [-0.3, -0.25) is 0 Å². The number of nitrogens with one attached hydrogen (secondary N) is 2. The van der Waals surface area contributed by atoms with E-state index in [1.54, 1.807) is 18.3 Å². The van der Waals surface area contributed by atoms with Gasteiger partial charge in [0.15, 0.2) is 19.7 Å². The maximum atomic E-state index is 12.8. The van der Waals surface area contributed by atoms with Crippen molar-refractivity contribution in [2.45, 2.75) is 232 Å². The van der Waals surface area contributed by atoms with Gasteiger partial charge in [0, 0.05) is 59.5 Å². The first-order chi connectivity index (χ1) is 42.7. The lowest BCUT2D eigenvalue weighted by Crippen LogP contribution is -2.34. The topological polar surface area (TPSA) is 144 Å². The van der Waals surface area contributed by atoms with Crippen LogP contribution in [0.3, 0.4) is 0 Å². The first-order valence-electron chi connectivity index (χ1n) is 34.0. The fraction of sp³-hybridized carbons (Fsp3) is 0.526. The second-order valence-corrected chi connectivity index (χ2v) is 23.8. The fourth-order valence-electron chi connectivity index (χ4n) is 11.6. The summed E-state index contributed by atoms with van der Waals surface area (Å²) in [6.07, 6.45) is 43.1. The van der Waals surface area contributed by atoms with Crippen LogP contribution < -0.4 is 25.5 Å². The van der Waals surface area contributed by atoms with Gasteiger partial charge < -0.3 is 34.9 Å². The average molecular weight is 1190 g/mol. The summed E-state index contributed by atoms with van der Waals surface area (Å²) in [6.45, 7) is 11.7. The third-order valence-corrected chi connectivity index (χ3v) is 16.6. The number of fused-ring (bicyclic) bond motifs is 2. The number of carbonyl (C=O) groups is 3. The van der Waals surface area contributed by atoms with Crippen LogP contribution in [0.15, 0.2) is 139 Å². The zero-order chi connectivity index (χ0) is 61.8. The van der Waals surface area contributed by atoms with Crippen molar-refractivity contribution in [2.24, 2.45) is 0 Å². The molecule has 1 heterocycles. The van der Waals surface area contributed by atoms with E-state index < -0.39 is 18.2 Å². The van der Waals surface area contributed by atoms with Gasteiger partial charge in [-0.2, -0.15) is 0 Å². The van der Waals surface area contributed by atoms with Crippen LogP contribution in [-0.4, -0.2) is 54.6 Å². The lowest BCUT2D eigenvalue weighted by molar-refractivity contribution is 0.0697. The highest BCUT2D eigenvalue weighted by Crippen LogP contribution is 2.42. The quantitative estimate of drug-likeness (QED) is 0.0168. The van der Waals surface area contributed by atoms with E-state index in [-0.39, 0.29) is 12.2 Å². The number of benzene rings is 5. The van der Waals surface area contributed by atoms with Gasteiger partial charge in [-0.05, 0) is 54.4 Å². The predicted octanol–water partition coefficient (Wildman–Crippen LogP) is 20.5. The number of amides is 2. The molecule has 1 aliphatic carbocycles. The molecule has 0 saturated heterocycles. The molecule has 11 heteroatoms. The van der Waals surface area contributed by atoms with Gasteiger partial charge in [0.2, 0.25) is 5.36 Å². The second-order valence-electron chi connectivity index (χ2n) is 23.8. The molecule has 0 fully saturated rings. The smallest absolute Gasteiger partial charge is 0.407 e. The SMILES string of the molecule is C=CN(Cc1ccccc1)c1ccc2c(-c3ccccc3C(=O)O)c3ccc(=[N+](CCOC(=O)NCCCCCCCCCCCCCCCCCC)Cc4ccccc4)cc-3oc2c1.CCCCCCCCCCCCCCCCCCNC(=O)O. The summed E-state index contributed by atoms with van der Waals surface area (Å²) in [6, 6.07) is 39.6. The van der Waals surface area contributed by atoms with Crippen molar-refractivity contribution >= 4 is 34.8 Å². The number of rotatable bonds is 45. The number of aromatic carboxylic acids is 1. The summed E-state index contributed by atoms with van der Waals surface area (Å²) in [4.78, 5) is 37.7. The van der Waals surface area contributed by atoms with Gasteiger partial charge in [-0.1, -0.05) is 292 Å². The predicted molar refractivity (Wildman–Crippen MR) is 363 cm³/mol. The van der Waals surface area contributed by atoms with E-state index in [1.165, 1.54) is 180 Å². The number of hydrogen-bond donors (Lipinski definition) is 4. The van der Waals surface area contributed by atoms with Crippen LogP contribution in [0.1, 0.15) is 241 Å². The van der Waals surface area contributed by atoms with Crippen LogP contribution >= 0.6 is 0 Å². The van der Waals surface area contributed by atoms with Crippen LogP contribution in [0.4, 0.5) is 15.3 Å². The highest BCUT2D eigenvalue weighted by Gasteiger charge is 2.23. The number of carboxylic acid groups (broad SMARTS) is 2. The number of hydrogen-bond acceptors (Lipinski definition) is 6. The Balaban J connectivity index is 0.000000532. The summed E-state index contributed by atoms with van der Waals surface area (Å²) in [5.74, 6) is -0.397. The Morgan fingerprint density at radius 3 is 1.49 bits per heavy atom. The molecule has 1 aliphatic heterocycles. The normalized spacial score (nSPS) is 11.5. The number of carboxylic acids is 1. The number of alkyl carbamates (subject to hydrolysis) is 1. The molecular weight excluding hydrogens is 1080 g/mol. The minimum atomic E-state index is -1.00. The summed E-state index contributed by atoms with van der Waals surface area (Å²) in [5.41, 5.74) is 6.14. The molecule has 11 nitrogen and oxygen atoms in total. The molecule has 4 N–H and O–H groups in total. The van der Waals surface area contributed by atoms with Gasteiger partial charge in [-0.15, -0.1) is 0 Å². The van der Waals surface area contributed by atoms with Crippen LogP contribution in [0.5, 0.6) is 0 Å². The largest absolute Gasteiger partial charge is 0.478 e. The van der Waals surface area contributed by atoms with Crippen molar-refractivity contribution < 1.29 is 33.8 Å². The Labute approximate surface area is 523 Å². The molecule has 4 aromatic carbocycles. The maximum Gasteiger partial charge on any atom is 0.407 e. The van der Waals surface area contributed by atoms with E-state index in [9.17, 15) is 19.5 Å². The first kappa shape index (κ1) is 70.9. The maximum absolute atomic E-state index is 12.8.